The number of carboxylic acid groups (broad SMARTS) is 1. The highest BCUT2D eigenvalue weighted by Gasteiger charge is 2.09. The summed E-state index contributed by atoms with van der Waals surface area (Å²) < 4.78 is 1.69. The maximum absolute atomic E-state index is 10.8. The van der Waals surface area contributed by atoms with Crippen LogP contribution >= 0.6 is 11.9 Å². The van der Waals surface area contributed by atoms with Crippen LogP contribution in [0.1, 0.15) is 13.3 Å². The molecule has 0 radical (unpaired) electrons. The Morgan fingerprint density at radius 2 is 2.33 bits per heavy atom. The van der Waals surface area contributed by atoms with Gasteiger partial charge in [0.2, 0.25) is 0 Å². The molecule has 15 heavy (non-hydrogen) atoms. The van der Waals surface area contributed by atoms with Gasteiger partial charge in [0.15, 0.2) is 0 Å². The quantitative estimate of drug-likeness (QED) is 0.311. The van der Waals surface area contributed by atoms with E-state index in [4.69, 9.17) is 10.8 Å². The van der Waals surface area contributed by atoms with Crippen LogP contribution in [-0.4, -0.2) is 28.8 Å². The second kappa shape index (κ2) is 7.93. The Hall–Kier alpha value is -1.43. The minimum Gasteiger partial charge on any atom is -0.477 e. The van der Waals surface area contributed by atoms with Crippen molar-refractivity contribution in [2.45, 2.75) is 13.3 Å². The molecule has 0 aromatic rings. The normalized spacial score (nSPS) is 12.5. The first-order valence-electron chi connectivity index (χ1n) is 4.36. The van der Waals surface area contributed by atoms with Crippen molar-refractivity contribution in [1.29, 1.82) is 0 Å². The van der Waals surface area contributed by atoms with Gasteiger partial charge in [0.25, 0.3) is 0 Å². The van der Waals surface area contributed by atoms with E-state index in [1.54, 1.807) is 17.6 Å². The van der Waals surface area contributed by atoms with Crippen molar-refractivity contribution >= 4 is 24.3 Å². The molecular formula is C9H15N3O2S. The molecule has 0 heterocycles. The van der Waals surface area contributed by atoms with Crippen molar-refractivity contribution in [2.24, 2.45) is 10.7 Å². The van der Waals surface area contributed by atoms with Crippen molar-refractivity contribution < 1.29 is 9.90 Å². The van der Waals surface area contributed by atoms with Gasteiger partial charge in [0, 0.05) is 13.2 Å². The Kier molecular flexibility index (Phi) is 7.17. The molecular weight excluding hydrogens is 214 g/mol. The molecule has 0 aromatic heterocycles. The van der Waals surface area contributed by atoms with Gasteiger partial charge in [-0.3, -0.25) is 0 Å². The van der Waals surface area contributed by atoms with Gasteiger partial charge < -0.3 is 15.1 Å². The van der Waals surface area contributed by atoms with Crippen molar-refractivity contribution in [3.8, 4) is 0 Å². The summed E-state index contributed by atoms with van der Waals surface area (Å²) in [5.41, 5.74) is 5.02. The molecule has 0 saturated carbocycles. The first-order chi connectivity index (χ1) is 7.11. The third kappa shape index (κ3) is 6.62. The number of rotatable bonds is 6. The summed E-state index contributed by atoms with van der Waals surface area (Å²) in [6.07, 6.45) is 6.89. The molecule has 0 aliphatic heterocycles. The van der Waals surface area contributed by atoms with E-state index in [1.165, 1.54) is 6.20 Å². The fourth-order valence-electron chi connectivity index (χ4n) is 0.668. The number of hydrogen-bond acceptors (Lipinski definition) is 4. The molecule has 0 unspecified atom stereocenters. The third-order valence-electron chi connectivity index (χ3n) is 1.28. The lowest BCUT2D eigenvalue weighted by molar-refractivity contribution is -0.131. The van der Waals surface area contributed by atoms with E-state index in [1.807, 2.05) is 13.0 Å². The van der Waals surface area contributed by atoms with Crippen LogP contribution in [0.15, 0.2) is 28.4 Å². The van der Waals surface area contributed by atoms with Crippen molar-refractivity contribution in [3.05, 3.63) is 23.4 Å². The second-order valence-electron chi connectivity index (χ2n) is 2.53. The molecule has 0 aliphatic rings. The van der Waals surface area contributed by atoms with Crippen LogP contribution in [0.4, 0.5) is 0 Å². The number of allylic oxidation sites excluding steroid dienone is 1. The highest BCUT2D eigenvalue weighted by atomic mass is 32.2. The molecule has 0 bridgehead atoms. The van der Waals surface area contributed by atoms with Crippen LogP contribution in [0.25, 0.3) is 0 Å². The SMILES string of the molecule is CC/C=C\N(C)S/C(=C\N=CN)C(=O)O. The summed E-state index contributed by atoms with van der Waals surface area (Å²) in [4.78, 5) is 14.4. The first kappa shape index (κ1) is 13.6. The number of hydrogen-bond donors (Lipinski definition) is 2. The van der Waals surface area contributed by atoms with E-state index in [2.05, 4.69) is 4.99 Å². The number of nitrogens with two attached hydrogens (primary N) is 1. The molecule has 5 nitrogen and oxygen atoms in total. The zero-order valence-electron chi connectivity index (χ0n) is 8.75. The summed E-state index contributed by atoms with van der Waals surface area (Å²) in [6, 6.07) is 0. The number of carbonyl (C=O) groups is 1. The van der Waals surface area contributed by atoms with Gasteiger partial charge in [0.1, 0.15) is 4.91 Å². The standard InChI is InChI=1S/C9H15N3O2S/c1-3-4-5-12(2)15-8(9(13)14)6-11-7-10/h4-7H,3H2,1-2H3,(H2,10,11)(H,13,14)/b5-4-,8-6-. The highest BCUT2D eigenvalue weighted by molar-refractivity contribution is 8.01. The predicted octanol–water partition coefficient (Wildman–Crippen LogP) is 1.40. The summed E-state index contributed by atoms with van der Waals surface area (Å²) in [5.74, 6) is -1.03. The lowest BCUT2D eigenvalue weighted by atomic mass is 10.5. The van der Waals surface area contributed by atoms with Gasteiger partial charge in [-0.05, 0) is 18.4 Å². The second-order valence-corrected chi connectivity index (χ2v) is 3.73. The van der Waals surface area contributed by atoms with Gasteiger partial charge in [-0.15, -0.1) is 0 Å². The Bertz CT molecular complexity index is 287. The fourth-order valence-corrected chi connectivity index (χ4v) is 1.31. The van der Waals surface area contributed by atoms with E-state index < -0.39 is 5.97 Å². The maximum Gasteiger partial charge on any atom is 0.345 e. The molecule has 84 valence electrons. The zero-order chi connectivity index (χ0) is 11.7. The lowest BCUT2D eigenvalue weighted by Gasteiger charge is -2.11. The molecule has 0 fully saturated rings. The monoisotopic (exact) mass is 229 g/mol. The minimum absolute atomic E-state index is 0.111. The fraction of sp³-hybridized carbons (Fsp3) is 0.333. The van der Waals surface area contributed by atoms with E-state index in [0.717, 1.165) is 24.7 Å². The lowest BCUT2D eigenvalue weighted by Crippen LogP contribution is -2.05. The van der Waals surface area contributed by atoms with Crippen LogP contribution in [0.2, 0.25) is 0 Å². The van der Waals surface area contributed by atoms with Crippen molar-refractivity contribution in [2.75, 3.05) is 7.05 Å². The van der Waals surface area contributed by atoms with Crippen LogP contribution in [0.3, 0.4) is 0 Å². The van der Waals surface area contributed by atoms with E-state index in [9.17, 15) is 4.79 Å². The molecule has 3 N–H and O–H groups in total. The molecule has 0 amide bonds. The topological polar surface area (TPSA) is 78.9 Å². The Balaban J connectivity index is 4.42. The summed E-state index contributed by atoms with van der Waals surface area (Å²) in [5, 5.41) is 8.82. The average molecular weight is 229 g/mol. The molecule has 0 rings (SSSR count). The number of aliphatic carboxylic acids is 1. The van der Waals surface area contributed by atoms with E-state index in [0.29, 0.717) is 0 Å². The Morgan fingerprint density at radius 3 is 2.80 bits per heavy atom. The van der Waals surface area contributed by atoms with Crippen LogP contribution in [-0.2, 0) is 4.79 Å². The minimum atomic E-state index is -1.03. The smallest absolute Gasteiger partial charge is 0.345 e. The molecule has 0 atom stereocenters. The summed E-state index contributed by atoms with van der Waals surface area (Å²) >= 11 is 1.07. The highest BCUT2D eigenvalue weighted by Crippen LogP contribution is 2.19. The zero-order valence-corrected chi connectivity index (χ0v) is 9.57. The average Bonchev–Trinajstić information content (AvgIpc) is 2.20. The van der Waals surface area contributed by atoms with Gasteiger partial charge >= 0.3 is 5.97 Å². The van der Waals surface area contributed by atoms with Gasteiger partial charge in [-0.25, -0.2) is 9.79 Å². The van der Waals surface area contributed by atoms with Crippen LogP contribution in [0, 0.1) is 0 Å². The van der Waals surface area contributed by atoms with Crippen molar-refractivity contribution in [3.63, 3.8) is 0 Å². The summed E-state index contributed by atoms with van der Waals surface area (Å²) in [6.45, 7) is 2.00. The molecule has 0 saturated heterocycles. The van der Waals surface area contributed by atoms with E-state index in [-0.39, 0.29) is 4.91 Å². The maximum atomic E-state index is 10.8. The molecule has 0 aliphatic carbocycles. The Morgan fingerprint density at radius 1 is 1.67 bits per heavy atom. The van der Waals surface area contributed by atoms with E-state index >= 15 is 0 Å². The summed E-state index contributed by atoms with van der Waals surface area (Å²) in [7, 11) is 1.76. The van der Waals surface area contributed by atoms with Gasteiger partial charge in [-0.1, -0.05) is 13.0 Å². The third-order valence-corrected chi connectivity index (χ3v) is 2.17. The number of nitrogens with zero attached hydrogens (tertiary/aromatic N) is 2. The molecule has 0 aromatic carbocycles. The number of carboxylic acids is 1. The van der Waals surface area contributed by atoms with Gasteiger partial charge in [0.05, 0.1) is 12.5 Å². The Labute approximate surface area is 93.5 Å². The first-order valence-corrected chi connectivity index (χ1v) is 5.13. The van der Waals surface area contributed by atoms with Crippen LogP contribution in [0.5, 0.6) is 0 Å². The van der Waals surface area contributed by atoms with Crippen LogP contribution < -0.4 is 5.73 Å². The molecule has 0 spiro atoms. The number of aliphatic imine (C=N–C) groups is 1. The predicted molar refractivity (Wildman–Crippen MR) is 63.2 cm³/mol. The van der Waals surface area contributed by atoms with Crippen molar-refractivity contribution in [1.82, 2.24) is 4.31 Å². The molecule has 6 heteroatoms. The van der Waals surface area contributed by atoms with Gasteiger partial charge in [-0.2, -0.15) is 0 Å². The largest absolute Gasteiger partial charge is 0.477 e.